The summed E-state index contributed by atoms with van der Waals surface area (Å²) in [6.45, 7) is -0.253. The van der Waals surface area contributed by atoms with Crippen molar-refractivity contribution in [1.29, 1.82) is 0 Å². The van der Waals surface area contributed by atoms with Gasteiger partial charge >= 0.3 is 0 Å². The molecule has 3 rings (SSSR count). The van der Waals surface area contributed by atoms with Gasteiger partial charge in [0, 0.05) is 7.05 Å². The minimum Gasteiger partial charge on any atom is -0.506 e. The van der Waals surface area contributed by atoms with Crippen molar-refractivity contribution in [2.24, 2.45) is 0 Å². The number of benzene rings is 2. The average molecular weight is 418 g/mol. The largest absolute Gasteiger partial charge is 0.506 e. The Bertz CT molecular complexity index is 1050. The first-order valence-electron chi connectivity index (χ1n) is 8.21. The van der Waals surface area contributed by atoms with Crippen molar-refractivity contribution in [3.05, 3.63) is 66.0 Å². The summed E-state index contributed by atoms with van der Waals surface area (Å²) in [5.41, 5.74) is 0.770. The third-order valence-electron chi connectivity index (χ3n) is 3.86. The molecule has 0 aliphatic carbocycles. The molecule has 1 aromatic heterocycles. The number of carbonyl (C=O) groups excluding carboxylic acids is 1. The van der Waals surface area contributed by atoms with Crippen LogP contribution in [0.5, 0.6) is 11.5 Å². The molecule has 0 spiro atoms. The Morgan fingerprint density at radius 2 is 1.82 bits per heavy atom. The van der Waals surface area contributed by atoms with Gasteiger partial charge in [0.05, 0.1) is 11.4 Å². The van der Waals surface area contributed by atoms with Gasteiger partial charge < -0.3 is 15.2 Å². The van der Waals surface area contributed by atoms with E-state index in [0.717, 1.165) is 11.3 Å². The molecular formula is C19H18N2O5S2. The van der Waals surface area contributed by atoms with Gasteiger partial charge in [-0.05, 0) is 47.8 Å². The lowest BCUT2D eigenvalue weighted by Gasteiger charge is -2.18. The Kier molecular flexibility index (Phi) is 5.86. The van der Waals surface area contributed by atoms with Crippen molar-refractivity contribution < 1.29 is 23.1 Å². The maximum atomic E-state index is 12.5. The molecule has 1 heterocycles. The first-order valence-corrected chi connectivity index (χ1v) is 10.5. The van der Waals surface area contributed by atoms with Crippen LogP contribution >= 0.6 is 11.3 Å². The fourth-order valence-corrected chi connectivity index (χ4v) is 4.71. The molecule has 7 nitrogen and oxygen atoms in total. The van der Waals surface area contributed by atoms with Gasteiger partial charge in [0.1, 0.15) is 15.7 Å². The Labute approximate surface area is 166 Å². The van der Waals surface area contributed by atoms with Gasteiger partial charge in [-0.1, -0.05) is 18.2 Å². The van der Waals surface area contributed by atoms with Crippen LogP contribution in [-0.4, -0.2) is 33.1 Å². The molecule has 0 aliphatic heterocycles. The predicted molar refractivity (Wildman–Crippen MR) is 109 cm³/mol. The minimum atomic E-state index is -3.60. The summed E-state index contributed by atoms with van der Waals surface area (Å²) >= 11 is 1.15. The summed E-state index contributed by atoms with van der Waals surface area (Å²) in [4.78, 5) is 11.9. The SMILES string of the molecule is CN(c1ccc(OCC(=O)Nc2ccccc2O)cc1)S(=O)(=O)c1cccs1. The maximum absolute atomic E-state index is 12.5. The van der Waals surface area contributed by atoms with Crippen molar-refractivity contribution >= 4 is 38.6 Å². The highest BCUT2D eigenvalue weighted by Gasteiger charge is 2.22. The summed E-state index contributed by atoms with van der Waals surface area (Å²) < 4.78 is 31.9. The molecule has 0 saturated heterocycles. The molecule has 9 heteroatoms. The molecule has 0 unspecified atom stereocenters. The second-order valence-electron chi connectivity index (χ2n) is 5.75. The number of hydrogen-bond acceptors (Lipinski definition) is 6. The van der Waals surface area contributed by atoms with E-state index in [9.17, 15) is 18.3 Å². The van der Waals surface area contributed by atoms with E-state index in [4.69, 9.17) is 4.74 Å². The van der Waals surface area contributed by atoms with Crippen LogP contribution in [0.25, 0.3) is 0 Å². The number of sulfonamides is 1. The second kappa shape index (κ2) is 8.32. The van der Waals surface area contributed by atoms with E-state index < -0.39 is 15.9 Å². The third-order valence-corrected chi connectivity index (χ3v) is 7.02. The summed E-state index contributed by atoms with van der Waals surface area (Å²) in [6.07, 6.45) is 0. The van der Waals surface area contributed by atoms with E-state index in [1.165, 1.54) is 17.4 Å². The molecule has 0 aliphatic rings. The lowest BCUT2D eigenvalue weighted by molar-refractivity contribution is -0.118. The number of nitrogens with zero attached hydrogens (tertiary/aromatic N) is 1. The van der Waals surface area contributed by atoms with E-state index in [1.807, 2.05) is 0 Å². The Balaban J connectivity index is 1.60. The van der Waals surface area contributed by atoms with Gasteiger partial charge in [-0.2, -0.15) is 0 Å². The molecule has 1 amide bonds. The number of ether oxygens (including phenoxy) is 1. The molecule has 0 bridgehead atoms. The molecule has 28 heavy (non-hydrogen) atoms. The molecular weight excluding hydrogens is 400 g/mol. The molecule has 0 fully saturated rings. The second-order valence-corrected chi connectivity index (χ2v) is 8.90. The van der Waals surface area contributed by atoms with E-state index in [-0.39, 0.29) is 16.6 Å². The van der Waals surface area contributed by atoms with E-state index in [2.05, 4.69) is 5.32 Å². The molecule has 3 aromatic rings. The Morgan fingerprint density at radius 3 is 2.46 bits per heavy atom. The topological polar surface area (TPSA) is 95.9 Å². The highest BCUT2D eigenvalue weighted by atomic mass is 32.2. The fraction of sp³-hybridized carbons (Fsp3) is 0.105. The zero-order valence-corrected chi connectivity index (χ0v) is 16.5. The van der Waals surface area contributed by atoms with Crippen molar-refractivity contribution in [1.82, 2.24) is 0 Å². The summed E-state index contributed by atoms with van der Waals surface area (Å²) in [5, 5.41) is 13.9. The molecule has 0 saturated carbocycles. The number of phenolic OH excluding ortho intramolecular Hbond substituents is 1. The van der Waals surface area contributed by atoms with Gasteiger partial charge in [-0.3, -0.25) is 9.10 Å². The highest BCUT2D eigenvalue weighted by molar-refractivity contribution is 7.94. The van der Waals surface area contributed by atoms with Crippen molar-refractivity contribution in [2.45, 2.75) is 4.21 Å². The number of carbonyl (C=O) groups is 1. The zero-order valence-electron chi connectivity index (χ0n) is 14.9. The lowest BCUT2D eigenvalue weighted by atomic mass is 10.3. The number of rotatable bonds is 7. The number of para-hydroxylation sites is 2. The van der Waals surface area contributed by atoms with Crippen molar-refractivity contribution in [2.75, 3.05) is 23.3 Å². The summed E-state index contributed by atoms with van der Waals surface area (Å²) in [7, 11) is -2.13. The number of anilines is 2. The van der Waals surface area contributed by atoms with Gasteiger partial charge in [-0.25, -0.2) is 8.42 Å². The first kappa shape index (κ1) is 19.7. The van der Waals surface area contributed by atoms with Crippen molar-refractivity contribution in [3.8, 4) is 11.5 Å². The number of amides is 1. The van der Waals surface area contributed by atoms with Crippen LogP contribution in [0.1, 0.15) is 0 Å². The Morgan fingerprint density at radius 1 is 1.11 bits per heavy atom. The van der Waals surface area contributed by atoms with Gasteiger partial charge in [0.25, 0.3) is 15.9 Å². The maximum Gasteiger partial charge on any atom is 0.273 e. The van der Waals surface area contributed by atoms with Crippen LogP contribution in [0.3, 0.4) is 0 Å². The van der Waals surface area contributed by atoms with Crippen LogP contribution in [0.2, 0.25) is 0 Å². The van der Waals surface area contributed by atoms with Crippen LogP contribution in [-0.2, 0) is 14.8 Å². The van der Waals surface area contributed by atoms with Crippen LogP contribution in [0.15, 0.2) is 70.3 Å². The van der Waals surface area contributed by atoms with Crippen LogP contribution in [0.4, 0.5) is 11.4 Å². The molecule has 2 N–H and O–H groups in total. The summed E-state index contributed by atoms with van der Waals surface area (Å²) in [5.74, 6) is -0.0451. The van der Waals surface area contributed by atoms with Crippen LogP contribution in [0, 0.1) is 0 Å². The van der Waals surface area contributed by atoms with Crippen molar-refractivity contribution in [3.63, 3.8) is 0 Å². The van der Waals surface area contributed by atoms with Gasteiger partial charge in [-0.15, -0.1) is 11.3 Å². The van der Waals surface area contributed by atoms with Gasteiger partial charge in [0.2, 0.25) is 0 Å². The Hall–Kier alpha value is -3.04. The van der Waals surface area contributed by atoms with Gasteiger partial charge in [0.15, 0.2) is 6.61 Å². The number of thiophene rings is 1. The normalized spacial score (nSPS) is 11.0. The predicted octanol–water partition coefficient (Wildman–Crippen LogP) is 3.30. The summed E-state index contributed by atoms with van der Waals surface area (Å²) in [6, 6.07) is 16.0. The number of phenols is 1. The van der Waals surface area contributed by atoms with E-state index in [0.29, 0.717) is 17.1 Å². The molecule has 0 radical (unpaired) electrons. The third kappa shape index (κ3) is 4.44. The smallest absolute Gasteiger partial charge is 0.273 e. The van der Waals surface area contributed by atoms with E-state index in [1.54, 1.807) is 60.0 Å². The minimum absolute atomic E-state index is 0.0322. The zero-order chi connectivity index (χ0) is 20.1. The quantitative estimate of drug-likeness (QED) is 0.574. The molecule has 2 aromatic carbocycles. The number of nitrogens with one attached hydrogen (secondary N) is 1. The lowest BCUT2D eigenvalue weighted by Crippen LogP contribution is -2.25. The average Bonchev–Trinajstić information content (AvgIpc) is 3.24. The van der Waals surface area contributed by atoms with Crippen LogP contribution < -0.4 is 14.4 Å². The molecule has 146 valence electrons. The number of aromatic hydroxyl groups is 1. The standard InChI is InChI=1S/C19H18N2O5S2/c1-21(28(24,25)19-7-4-12-27-19)14-8-10-15(11-9-14)26-13-18(23)20-16-5-2-3-6-17(16)22/h2-12,22H,13H2,1H3,(H,20,23). The first-order chi connectivity index (χ1) is 13.4. The number of hydrogen-bond donors (Lipinski definition) is 2. The fourth-order valence-electron chi connectivity index (χ4n) is 2.35. The highest BCUT2D eigenvalue weighted by Crippen LogP contribution is 2.26. The monoisotopic (exact) mass is 418 g/mol. The molecule has 0 atom stereocenters. The van der Waals surface area contributed by atoms with E-state index >= 15 is 0 Å².